The van der Waals surface area contributed by atoms with Crippen molar-refractivity contribution in [2.75, 3.05) is 0 Å². The van der Waals surface area contributed by atoms with Gasteiger partial charge in [-0.3, -0.25) is 0 Å². The predicted molar refractivity (Wildman–Crippen MR) is 94.9 cm³/mol. The van der Waals surface area contributed by atoms with Gasteiger partial charge in [0.25, 0.3) is 0 Å². The number of hydrogen-bond donors (Lipinski definition) is 0. The fourth-order valence-electron chi connectivity index (χ4n) is 2.45. The molecule has 0 N–H and O–H groups in total. The van der Waals surface area contributed by atoms with E-state index in [-0.39, 0.29) is 11.1 Å². The molecule has 0 nitrogen and oxygen atoms in total. The Balaban J connectivity index is 2.04. The van der Waals surface area contributed by atoms with Gasteiger partial charge in [-0.25, -0.2) is 13.2 Å². The van der Waals surface area contributed by atoms with Crippen LogP contribution in [-0.4, -0.2) is 0 Å². The van der Waals surface area contributed by atoms with E-state index in [1.807, 2.05) is 24.3 Å². The van der Waals surface area contributed by atoms with Gasteiger partial charge in [0, 0.05) is 9.99 Å². The lowest BCUT2D eigenvalue weighted by molar-refractivity contribution is 0.589. The highest BCUT2D eigenvalue weighted by atomic mass is 127. The molecule has 0 spiro atoms. The first kappa shape index (κ1) is 16.1. The minimum atomic E-state index is -0.705. The van der Waals surface area contributed by atoms with E-state index in [0.717, 1.165) is 27.7 Å². The van der Waals surface area contributed by atoms with Gasteiger partial charge >= 0.3 is 0 Å². The summed E-state index contributed by atoms with van der Waals surface area (Å²) in [6, 6.07) is 15.4. The molecule has 0 unspecified atom stereocenters. The molecule has 0 bridgehead atoms. The van der Waals surface area contributed by atoms with Gasteiger partial charge in [-0.2, -0.15) is 0 Å². The molecule has 0 aliphatic carbocycles. The van der Waals surface area contributed by atoms with Gasteiger partial charge in [0.1, 0.15) is 17.5 Å². The van der Waals surface area contributed by atoms with Crippen molar-refractivity contribution in [3.63, 3.8) is 0 Å². The molecule has 0 saturated carbocycles. The van der Waals surface area contributed by atoms with Gasteiger partial charge in [-0.15, -0.1) is 0 Å². The topological polar surface area (TPSA) is 0 Å². The monoisotopic (exact) mass is 424 g/mol. The predicted octanol–water partition coefficient (Wildman–Crippen LogP) is 6.37. The molecule has 0 heterocycles. The average Bonchev–Trinajstić information content (AvgIpc) is 2.55. The second kappa shape index (κ2) is 6.74. The van der Waals surface area contributed by atoms with Crippen molar-refractivity contribution in [2.24, 2.45) is 0 Å². The van der Waals surface area contributed by atoms with Crippen molar-refractivity contribution in [1.82, 2.24) is 0 Å². The van der Waals surface area contributed by atoms with Gasteiger partial charge in [-0.05, 0) is 34.9 Å². The second-order valence-corrected chi connectivity index (χ2v) is 5.88. The van der Waals surface area contributed by atoms with Crippen LogP contribution in [0.2, 0.25) is 0 Å². The Morgan fingerprint density at radius 1 is 0.696 bits per heavy atom. The van der Waals surface area contributed by atoms with Gasteiger partial charge in [-0.1, -0.05) is 65.1 Å². The fraction of sp³-hybridized carbons (Fsp3) is 0.0526. The van der Waals surface area contributed by atoms with E-state index in [0.29, 0.717) is 5.56 Å². The molecule has 0 aliphatic heterocycles. The van der Waals surface area contributed by atoms with Crippen LogP contribution in [0.5, 0.6) is 0 Å². The highest BCUT2D eigenvalue weighted by Gasteiger charge is 2.13. The smallest absolute Gasteiger partial charge is 0.133 e. The normalized spacial score (nSPS) is 10.8. The zero-order valence-corrected chi connectivity index (χ0v) is 14.1. The van der Waals surface area contributed by atoms with E-state index in [1.165, 1.54) is 18.2 Å². The Hall–Kier alpha value is -1.82. The molecular formula is C19H12F3I. The summed E-state index contributed by atoms with van der Waals surface area (Å²) in [7, 11) is 0. The lowest BCUT2D eigenvalue weighted by Crippen LogP contribution is -1.92. The van der Waals surface area contributed by atoms with Gasteiger partial charge in [0.05, 0.1) is 5.56 Å². The first-order chi connectivity index (χ1) is 11.1. The summed E-state index contributed by atoms with van der Waals surface area (Å²) in [4.78, 5) is 0. The van der Waals surface area contributed by atoms with Crippen molar-refractivity contribution in [2.45, 2.75) is 4.43 Å². The standard InChI is InChI=1S/C19H12F3I/c20-16-2-1-3-17(21)19(16)14-8-9-15(18(22)10-14)13-6-4-12(11-23)5-7-13/h1-10H,11H2. The summed E-state index contributed by atoms with van der Waals surface area (Å²) in [6.45, 7) is 0. The van der Waals surface area contributed by atoms with Crippen molar-refractivity contribution < 1.29 is 13.2 Å². The van der Waals surface area contributed by atoms with Crippen LogP contribution < -0.4 is 0 Å². The zero-order chi connectivity index (χ0) is 16.4. The number of halogens is 4. The van der Waals surface area contributed by atoms with E-state index in [2.05, 4.69) is 22.6 Å². The average molecular weight is 424 g/mol. The van der Waals surface area contributed by atoms with E-state index < -0.39 is 17.5 Å². The third-order valence-corrected chi connectivity index (χ3v) is 4.52. The van der Waals surface area contributed by atoms with Crippen molar-refractivity contribution in [3.05, 3.63) is 83.7 Å². The first-order valence-electron chi connectivity index (χ1n) is 6.99. The number of hydrogen-bond acceptors (Lipinski definition) is 0. The number of benzene rings is 3. The Labute approximate surface area is 146 Å². The van der Waals surface area contributed by atoms with Crippen LogP contribution in [0.15, 0.2) is 60.7 Å². The van der Waals surface area contributed by atoms with E-state index in [1.54, 1.807) is 6.07 Å². The molecule has 116 valence electrons. The number of alkyl halides is 1. The molecule has 0 amide bonds. The maximum atomic E-state index is 14.4. The molecular weight excluding hydrogens is 412 g/mol. The minimum Gasteiger partial charge on any atom is -0.206 e. The van der Waals surface area contributed by atoms with Crippen LogP contribution >= 0.6 is 22.6 Å². The summed E-state index contributed by atoms with van der Waals surface area (Å²) >= 11 is 2.26. The summed E-state index contributed by atoms with van der Waals surface area (Å²) in [5.41, 5.74) is 2.27. The first-order valence-corrected chi connectivity index (χ1v) is 8.52. The van der Waals surface area contributed by atoms with E-state index in [9.17, 15) is 13.2 Å². The molecule has 3 aromatic carbocycles. The summed E-state index contributed by atoms with van der Waals surface area (Å²) in [6.07, 6.45) is 0. The molecule has 0 saturated heterocycles. The van der Waals surface area contributed by atoms with Crippen LogP contribution in [-0.2, 0) is 4.43 Å². The Morgan fingerprint density at radius 2 is 1.30 bits per heavy atom. The van der Waals surface area contributed by atoms with Crippen LogP contribution in [0.3, 0.4) is 0 Å². The summed E-state index contributed by atoms with van der Waals surface area (Å²) in [5, 5.41) is 0. The van der Waals surface area contributed by atoms with Crippen LogP contribution in [0.1, 0.15) is 5.56 Å². The maximum absolute atomic E-state index is 14.4. The molecule has 0 fully saturated rings. The molecule has 3 rings (SSSR count). The third-order valence-electron chi connectivity index (χ3n) is 3.64. The Morgan fingerprint density at radius 3 is 1.87 bits per heavy atom. The highest BCUT2D eigenvalue weighted by molar-refractivity contribution is 14.1. The minimum absolute atomic E-state index is 0.186. The Bertz CT molecular complexity index is 821. The Kier molecular flexibility index (Phi) is 4.71. The SMILES string of the molecule is Fc1cc(-c2c(F)cccc2F)ccc1-c1ccc(CI)cc1. The van der Waals surface area contributed by atoms with Crippen LogP contribution in [0.25, 0.3) is 22.3 Å². The molecule has 0 aliphatic rings. The highest BCUT2D eigenvalue weighted by Crippen LogP contribution is 2.31. The van der Waals surface area contributed by atoms with E-state index in [4.69, 9.17) is 0 Å². The summed E-state index contributed by atoms with van der Waals surface area (Å²) in [5.74, 6) is -1.92. The third kappa shape index (κ3) is 3.27. The van der Waals surface area contributed by atoms with Crippen molar-refractivity contribution in [1.29, 1.82) is 0 Å². The summed E-state index contributed by atoms with van der Waals surface area (Å²) < 4.78 is 42.9. The molecule has 3 aromatic rings. The quantitative estimate of drug-likeness (QED) is 0.339. The second-order valence-electron chi connectivity index (χ2n) is 5.12. The lowest BCUT2D eigenvalue weighted by atomic mass is 9.98. The fourth-order valence-corrected chi connectivity index (χ4v) is 2.96. The van der Waals surface area contributed by atoms with E-state index >= 15 is 0 Å². The molecule has 0 radical (unpaired) electrons. The van der Waals surface area contributed by atoms with Gasteiger partial charge < -0.3 is 0 Å². The molecule has 0 atom stereocenters. The van der Waals surface area contributed by atoms with Gasteiger partial charge in [0.2, 0.25) is 0 Å². The zero-order valence-electron chi connectivity index (χ0n) is 12.0. The molecule has 4 heteroatoms. The largest absolute Gasteiger partial charge is 0.206 e. The maximum Gasteiger partial charge on any atom is 0.133 e. The van der Waals surface area contributed by atoms with Crippen molar-refractivity contribution in [3.8, 4) is 22.3 Å². The van der Waals surface area contributed by atoms with Crippen LogP contribution in [0.4, 0.5) is 13.2 Å². The van der Waals surface area contributed by atoms with Crippen molar-refractivity contribution >= 4 is 22.6 Å². The number of rotatable bonds is 3. The van der Waals surface area contributed by atoms with Crippen LogP contribution in [0, 0.1) is 17.5 Å². The lowest BCUT2D eigenvalue weighted by Gasteiger charge is -2.09. The molecule has 0 aromatic heterocycles. The van der Waals surface area contributed by atoms with Gasteiger partial charge in [0.15, 0.2) is 0 Å². The molecule has 23 heavy (non-hydrogen) atoms.